The first-order valence-electron chi connectivity index (χ1n) is 9.36. The van der Waals surface area contributed by atoms with Crippen LogP contribution in [0.4, 0.5) is 4.39 Å². The second kappa shape index (κ2) is 9.44. The summed E-state index contributed by atoms with van der Waals surface area (Å²) in [7, 11) is 1.80. The van der Waals surface area contributed by atoms with Crippen molar-refractivity contribution in [2.75, 3.05) is 13.6 Å². The molecule has 2 unspecified atom stereocenters. The van der Waals surface area contributed by atoms with Crippen LogP contribution in [0, 0.1) is 5.82 Å². The summed E-state index contributed by atoms with van der Waals surface area (Å²) in [5.74, 6) is -0.372. The summed E-state index contributed by atoms with van der Waals surface area (Å²) in [4.78, 5) is 13.9. The molecule has 5 heteroatoms. The summed E-state index contributed by atoms with van der Waals surface area (Å²) in [5, 5.41) is 0. The lowest BCUT2D eigenvalue weighted by molar-refractivity contribution is -0.124. The van der Waals surface area contributed by atoms with Gasteiger partial charge in [-0.2, -0.15) is 0 Å². The fraction of sp³-hybridized carbons (Fsp3) is 0.318. The number of likely N-dealkylation sites (N-methyl/N-ethyl adjacent to an activating group) is 1. The van der Waals surface area contributed by atoms with Crippen LogP contribution in [0.3, 0.4) is 0 Å². The Labute approximate surface area is 160 Å². The highest BCUT2D eigenvalue weighted by Crippen LogP contribution is 2.23. The van der Waals surface area contributed by atoms with Gasteiger partial charge in [0.15, 0.2) is 0 Å². The maximum Gasteiger partial charge on any atom is 0.246 e. The number of halogens is 1. The van der Waals surface area contributed by atoms with E-state index in [1.165, 1.54) is 23.8 Å². The van der Waals surface area contributed by atoms with Crippen molar-refractivity contribution >= 4 is 12.0 Å². The van der Waals surface area contributed by atoms with Crippen molar-refractivity contribution in [3.63, 3.8) is 0 Å². The normalized spacial score (nSPS) is 19.5. The van der Waals surface area contributed by atoms with Crippen LogP contribution in [-0.4, -0.2) is 30.4 Å². The molecule has 0 aromatic heterocycles. The Kier molecular flexibility index (Phi) is 6.74. The molecule has 0 spiro atoms. The largest absolute Gasteiger partial charge is 0.342 e. The van der Waals surface area contributed by atoms with Crippen molar-refractivity contribution in [2.45, 2.75) is 31.3 Å². The molecule has 1 saturated heterocycles. The highest BCUT2D eigenvalue weighted by Gasteiger charge is 2.24. The smallest absolute Gasteiger partial charge is 0.246 e. The number of rotatable bonds is 7. The van der Waals surface area contributed by atoms with Crippen LogP contribution in [0.2, 0.25) is 0 Å². The van der Waals surface area contributed by atoms with Gasteiger partial charge in [0.25, 0.3) is 0 Å². The third-order valence-corrected chi connectivity index (χ3v) is 4.87. The van der Waals surface area contributed by atoms with Gasteiger partial charge in [-0.05, 0) is 48.6 Å². The Morgan fingerprint density at radius 3 is 2.78 bits per heavy atom. The lowest BCUT2D eigenvalue weighted by atomic mass is 10.00. The first kappa shape index (κ1) is 19.3. The summed E-state index contributed by atoms with van der Waals surface area (Å²) in [6, 6.07) is 17.4. The van der Waals surface area contributed by atoms with Gasteiger partial charge >= 0.3 is 0 Å². The SMILES string of the molecule is CN(CCCC1CC(c2ccccc2)NN1)C(=O)/C=C/c1cccc(F)c1. The van der Waals surface area contributed by atoms with Crippen molar-refractivity contribution in [3.05, 3.63) is 77.6 Å². The predicted octanol–water partition coefficient (Wildman–Crippen LogP) is 3.69. The van der Waals surface area contributed by atoms with E-state index in [1.54, 1.807) is 30.2 Å². The molecule has 0 aliphatic carbocycles. The van der Waals surface area contributed by atoms with Gasteiger partial charge in [-0.25, -0.2) is 4.39 Å². The number of hydrogen-bond donors (Lipinski definition) is 2. The third kappa shape index (κ3) is 5.74. The van der Waals surface area contributed by atoms with Crippen molar-refractivity contribution in [2.24, 2.45) is 0 Å². The van der Waals surface area contributed by atoms with E-state index in [2.05, 4.69) is 35.1 Å². The maximum atomic E-state index is 13.2. The molecule has 142 valence electrons. The van der Waals surface area contributed by atoms with Gasteiger partial charge in [-0.3, -0.25) is 15.6 Å². The molecule has 0 saturated carbocycles. The molecule has 1 amide bonds. The molecule has 2 aromatic rings. The van der Waals surface area contributed by atoms with E-state index < -0.39 is 0 Å². The Balaban J connectivity index is 1.39. The molecule has 2 aromatic carbocycles. The molecule has 0 bridgehead atoms. The number of nitrogens with one attached hydrogen (secondary N) is 2. The Bertz CT molecular complexity index is 778. The van der Waals surface area contributed by atoms with Crippen LogP contribution in [0.25, 0.3) is 6.08 Å². The van der Waals surface area contributed by atoms with Crippen LogP contribution in [0.1, 0.15) is 36.4 Å². The average molecular weight is 367 g/mol. The Hall–Kier alpha value is -2.50. The van der Waals surface area contributed by atoms with E-state index in [4.69, 9.17) is 0 Å². The molecule has 27 heavy (non-hydrogen) atoms. The molecule has 1 aliphatic heterocycles. The van der Waals surface area contributed by atoms with Crippen LogP contribution >= 0.6 is 0 Å². The summed E-state index contributed by atoms with van der Waals surface area (Å²) < 4.78 is 13.2. The predicted molar refractivity (Wildman–Crippen MR) is 106 cm³/mol. The highest BCUT2D eigenvalue weighted by atomic mass is 19.1. The zero-order valence-electron chi connectivity index (χ0n) is 15.6. The third-order valence-electron chi connectivity index (χ3n) is 4.87. The van der Waals surface area contributed by atoms with Gasteiger partial charge in [0, 0.05) is 31.8 Å². The molecule has 0 radical (unpaired) electrons. The van der Waals surface area contributed by atoms with E-state index in [1.807, 2.05) is 6.07 Å². The van der Waals surface area contributed by atoms with Crippen molar-refractivity contribution in [3.8, 4) is 0 Å². The summed E-state index contributed by atoms with van der Waals surface area (Å²) in [5.41, 5.74) is 8.69. The van der Waals surface area contributed by atoms with Gasteiger partial charge in [0.05, 0.1) is 0 Å². The maximum absolute atomic E-state index is 13.2. The van der Waals surface area contributed by atoms with E-state index in [-0.39, 0.29) is 11.7 Å². The number of hydrogen-bond acceptors (Lipinski definition) is 3. The fourth-order valence-corrected chi connectivity index (χ4v) is 3.31. The lowest BCUT2D eigenvalue weighted by Gasteiger charge is -2.16. The molecular weight excluding hydrogens is 341 g/mol. The molecule has 4 nitrogen and oxygen atoms in total. The molecule has 3 rings (SSSR count). The second-order valence-electron chi connectivity index (χ2n) is 6.97. The van der Waals surface area contributed by atoms with Gasteiger partial charge in [0.1, 0.15) is 5.82 Å². The Morgan fingerprint density at radius 2 is 2.00 bits per heavy atom. The first-order chi connectivity index (χ1) is 13.1. The van der Waals surface area contributed by atoms with Crippen LogP contribution < -0.4 is 10.9 Å². The molecular formula is C22H26FN3O. The summed E-state index contributed by atoms with van der Waals surface area (Å²) in [6.07, 6.45) is 6.12. The topological polar surface area (TPSA) is 44.4 Å². The molecule has 1 fully saturated rings. The van der Waals surface area contributed by atoms with Gasteiger partial charge in [0.2, 0.25) is 5.91 Å². The van der Waals surface area contributed by atoms with Gasteiger partial charge in [-0.15, -0.1) is 0 Å². The minimum atomic E-state index is -0.301. The van der Waals surface area contributed by atoms with Crippen LogP contribution in [0.15, 0.2) is 60.7 Å². The van der Waals surface area contributed by atoms with Gasteiger partial charge in [-0.1, -0.05) is 42.5 Å². The number of benzene rings is 2. The van der Waals surface area contributed by atoms with Gasteiger partial charge < -0.3 is 4.90 Å². The highest BCUT2D eigenvalue weighted by molar-refractivity contribution is 5.91. The molecule has 1 heterocycles. The number of amides is 1. The monoisotopic (exact) mass is 367 g/mol. The number of nitrogens with zero attached hydrogens (tertiary/aromatic N) is 1. The molecule has 2 atom stereocenters. The summed E-state index contributed by atoms with van der Waals surface area (Å²) >= 11 is 0. The molecule has 2 N–H and O–H groups in total. The minimum Gasteiger partial charge on any atom is -0.342 e. The number of hydrazine groups is 1. The average Bonchev–Trinajstić information content (AvgIpc) is 3.16. The van der Waals surface area contributed by atoms with Crippen LogP contribution in [0.5, 0.6) is 0 Å². The standard InChI is InChI=1S/C22H26FN3O/c1-26(22(27)13-12-17-7-5-10-19(23)15-17)14-6-11-20-16-21(25-24-20)18-8-3-2-4-9-18/h2-5,7-10,12-13,15,20-21,24-25H,6,11,14,16H2,1H3/b13-12+. The zero-order valence-corrected chi connectivity index (χ0v) is 15.6. The first-order valence-corrected chi connectivity index (χ1v) is 9.36. The minimum absolute atomic E-state index is 0.0704. The number of carbonyl (C=O) groups excluding carboxylic acids is 1. The van der Waals surface area contributed by atoms with E-state index in [0.717, 1.165) is 19.3 Å². The Morgan fingerprint density at radius 1 is 1.19 bits per heavy atom. The van der Waals surface area contributed by atoms with E-state index in [9.17, 15) is 9.18 Å². The van der Waals surface area contributed by atoms with Crippen molar-refractivity contribution in [1.82, 2.24) is 15.8 Å². The molecule has 1 aliphatic rings. The zero-order chi connectivity index (χ0) is 19.1. The lowest BCUT2D eigenvalue weighted by Crippen LogP contribution is -2.32. The van der Waals surface area contributed by atoms with Crippen molar-refractivity contribution in [1.29, 1.82) is 0 Å². The van der Waals surface area contributed by atoms with Crippen molar-refractivity contribution < 1.29 is 9.18 Å². The second-order valence-corrected chi connectivity index (χ2v) is 6.97. The number of carbonyl (C=O) groups is 1. The summed E-state index contributed by atoms with van der Waals surface area (Å²) in [6.45, 7) is 0.695. The van der Waals surface area contributed by atoms with E-state index >= 15 is 0 Å². The quantitative estimate of drug-likeness (QED) is 0.734. The fourth-order valence-electron chi connectivity index (χ4n) is 3.31. The van der Waals surface area contributed by atoms with Crippen LogP contribution in [-0.2, 0) is 4.79 Å². The van der Waals surface area contributed by atoms with E-state index in [0.29, 0.717) is 24.2 Å².